The summed E-state index contributed by atoms with van der Waals surface area (Å²) in [5.41, 5.74) is -2.02. The van der Waals surface area contributed by atoms with Crippen LogP contribution in [0.1, 0.15) is 52.5 Å². The number of nitrogens with one attached hydrogen (secondary N) is 1. The minimum atomic E-state index is -4.69. The minimum absolute atomic E-state index is 0. The SMILES string of the molecule is CC1CC(F)(F)CN1C(=O)c1nc(C(=O)[O-])sc1-c1cnc(NC(C)C(F)(F)F)cc1C(F)F.[K+]. The van der Waals surface area contributed by atoms with Gasteiger partial charge in [0.15, 0.2) is 0 Å². The molecule has 3 rings (SSSR count). The van der Waals surface area contributed by atoms with Gasteiger partial charge in [0.1, 0.15) is 28.5 Å². The molecule has 0 spiro atoms. The van der Waals surface area contributed by atoms with Gasteiger partial charge >= 0.3 is 57.6 Å². The summed E-state index contributed by atoms with van der Waals surface area (Å²) in [6, 6.07) is -2.45. The number of carboxylic acids is 1. The molecule has 0 radical (unpaired) electrons. The van der Waals surface area contributed by atoms with Crippen molar-refractivity contribution in [2.24, 2.45) is 0 Å². The maximum Gasteiger partial charge on any atom is 1.00 e. The molecule has 0 aromatic carbocycles. The number of carboxylic acid groups (broad SMARTS) is 1. The zero-order chi connectivity index (χ0) is 25.6. The molecular weight excluding hydrogens is 536 g/mol. The molecule has 2 atom stereocenters. The van der Waals surface area contributed by atoms with Crippen LogP contribution in [0.2, 0.25) is 0 Å². The Morgan fingerprint density at radius 3 is 2.43 bits per heavy atom. The van der Waals surface area contributed by atoms with Crippen LogP contribution in [0.4, 0.5) is 36.6 Å². The van der Waals surface area contributed by atoms with E-state index in [-0.39, 0.29) is 62.7 Å². The van der Waals surface area contributed by atoms with E-state index in [9.17, 15) is 45.4 Å². The molecule has 186 valence electrons. The molecule has 2 aromatic heterocycles. The molecule has 1 aliphatic rings. The van der Waals surface area contributed by atoms with Gasteiger partial charge in [0, 0.05) is 29.8 Å². The van der Waals surface area contributed by atoms with Gasteiger partial charge in [0.05, 0.1) is 11.4 Å². The summed E-state index contributed by atoms with van der Waals surface area (Å²) in [5.74, 6) is -6.71. The molecule has 2 aromatic rings. The van der Waals surface area contributed by atoms with Crippen LogP contribution < -0.4 is 61.8 Å². The Labute approximate surface area is 240 Å². The van der Waals surface area contributed by atoms with Crippen LogP contribution in [0.15, 0.2) is 12.3 Å². The summed E-state index contributed by atoms with van der Waals surface area (Å²) in [4.78, 5) is 31.9. The van der Waals surface area contributed by atoms with E-state index < -0.39 is 88.0 Å². The van der Waals surface area contributed by atoms with Crippen LogP contribution >= 0.6 is 11.3 Å². The van der Waals surface area contributed by atoms with Crippen molar-refractivity contribution in [1.29, 1.82) is 0 Å². The van der Waals surface area contributed by atoms with E-state index in [2.05, 4.69) is 9.97 Å². The average Bonchev–Trinajstić information content (AvgIpc) is 3.27. The van der Waals surface area contributed by atoms with Crippen molar-refractivity contribution in [3.8, 4) is 10.4 Å². The van der Waals surface area contributed by atoms with Crippen LogP contribution in [-0.4, -0.2) is 57.5 Å². The number of halogens is 7. The molecular formula is C19H16F7KN4O3S. The number of thiazole rings is 1. The first-order chi connectivity index (χ1) is 15.6. The quantitative estimate of drug-likeness (QED) is 0.420. The van der Waals surface area contributed by atoms with Crippen LogP contribution in [0.3, 0.4) is 0 Å². The van der Waals surface area contributed by atoms with Crippen molar-refractivity contribution < 1.29 is 96.8 Å². The summed E-state index contributed by atoms with van der Waals surface area (Å²) in [6.07, 6.45) is -7.89. The molecule has 3 heterocycles. The van der Waals surface area contributed by atoms with E-state index >= 15 is 0 Å². The molecule has 1 saturated heterocycles. The van der Waals surface area contributed by atoms with E-state index in [1.54, 1.807) is 0 Å². The number of aromatic nitrogens is 2. The predicted molar refractivity (Wildman–Crippen MR) is 104 cm³/mol. The smallest absolute Gasteiger partial charge is 0.542 e. The Morgan fingerprint density at radius 2 is 1.94 bits per heavy atom. The summed E-state index contributed by atoms with van der Waals surface area (Å²) >= 11 is 0.283. The Kier molecular flexibility index (Phi) is 9.36. The Bertz CT molecular complexity index is 1110. The van der Waals surface area contributed by atoms with E-state index in [1.165, 1.54) is 6.92 Å². The Balaban J connectivity index is 0.00000432. The summed E-state index contributed by atoms with van der Waals surface area (Å²) in [6.45, 7) is 1.10. The van der Waals surface area contributed by atoms with Gasteiger partial charge in [0.2, 0.25) is 0 Å². The van der Waals surface area contributed by atoms with E-state index in [0.29, 0.717) is 6.07 Å². The molecule has 0 aliphatic carbocycles. The maximum atomic E-state index is 13.8. The molecule has 0 bridgehead atoms. The number of hydrogen-bond donors (Lipinski definition) is 1. The molecule has 2 unspecified atom stereocenters. The minimum Gasteiger partial charge on any atom is -0.542 e. The fraction of sp³-hybridized carbons (Fsp3) is 0.474. The Hall–Kier alpha value is -1.33. The number of aromatic carboxylic acids is 1. The fourth-order valence-electron chi connectivity index (χ4n) is 3.38. The molecule has 1 N–H and O–H groups in total. The number of alkyl halides is 7. The maximum absolute atomic E-state index is 13.8. The van der Waals surface area contributed by atoms with Crippen LogP contribution in [0.5, 0.6) is 0 Å². The van der Waals surface area contributed by atoms with Crippen molar-refractivity contribution in [2.75, 3.05) is 11.9 Å². The van der Waals surface area contributed by atoms with Crippen LogP contribution in [0, 0.1) is 0 Å². The molecule has 7 nitrogen and oxygen atoms in total. The van der Waals surface area contributed by atoms with Crippen LogP contribution in [0.25, 0.3) is 10.4 Å². The zero-order valence-corrected chi connectivity index (χ0v) is 22.4. The second kappa shape index (κ2) is 11.0. The first-order valence-electron chi connectivity index (χ1n) is 9.63. The van der Waals surface area contributed by atoms with Crippen molar-refractivity contribution in [1.82, 2.24) is 14.9 Å². The van der Waals surface area contributed by atoms with Gasteiger partial charge in [0.25, 0.3) is 18.3 Å². The average molecular weight is 553 g/mol. The number of anilines is 1. The fourth-order valence-corrected chi connectivity index (χ4v) is 4.30. The van der Waals surface area contributed by atoms with Gasteiger partial charge in [-0.15, -0.1) is 11.3 Å². The van der Waals surface area contributed by atoms with E-state index in [1.807, 2.05) is 5.32 Å². The number of amides is 1. The number of carbonyl (C=O) groups is 2. The monoisotopic (exact) mass is 552 g/mol. The molecule has 0 saturated carbocycles. The summed E-state index contributed by atoms with van der Waals surface area (Å²) in [7, 11) is 0. The normalized spacial score (nSPS) is 18.3. The molecule has 1 aliphatic heterocycles. The third kappa shape index (κ3) is 6.71. The largest absolute Gasteiger partial charge is 1.00 e. The summed E-state index contributed by atoms with van der Waals surface area (Å²) in [5, 5.41) is 12.5. The topological polar surface area (TPSA) is 98.2 Å². The molecule has 1 fully saturated rings. The van der Waals surface area contributed by atoms with Crippen molar-refractivity contribution in [2.45, 2.75) is 50.9 Å². The number of carbonyl (C=O) groups excluding carboxylic acids is 2. The third-order valence-electron chi connectivity index (χ3n) is 5.06. The predicted octanol–water partition coefficient (Wildman–Crippen LogP) is 0.743. The molecule has 35 heavy (non-hydrogen) atoms. The van der Waals surface area contributed by atoms with Gasteiger partial charge in [-0.05, 0) is 19.9 Å². The number of nitrogens with zero attached hydrogens (tertiary/aromatic N) is 3. The number of likely N-dealkylation sites (tertiary alicyclic amines) is 1. The van der Waals surface area contributed by atoms with Crippen molar-refractivity contribution >= 4 is 29.0 Å². The van der Waals surface area contributed by atoms with Gasteiger partial charge in [-0.1, -0.05) is 0 Å². The van der Waals surface area contributed by atoms with E-state index in [4.69, 9.17) is 0 Å². The van der Waals surface area contributed by atoms with Crippen molar-refractivity contribution in [3.05, 3.63) is 28.5 Å². The van der Waals surface area contributed by atoms with Gasteiger partial charge < -0.3 is 20.1 Å². The van der Waals surface area contributed by atoms with Crippen LogP contribution in [-0.2, 0) is 0 Å². The standard InChI is InChI=1S/C19H17F7N4O3S.K/c1-7-4-18(22,23)6-30(7)16(31)12-13(34-15(29-12)17(32)33)10-5-27-11(3-9(10)14(20)21)28-8(2)19(24,25)26;/h3,5,7-8,14H,4,6H2,1-2H3,(H,27,28)(H,32,33);/q;+1/p-1. The number of rotatable bonds is 6. The van der Waals surface area contributed by atoms with Gasteiger partial charge in [-0.25, -0.2) is 27.5 Å². The van der Waals surface area contributed by atoms with Crippen molar-refractivity contribution in [3.63, 3.8) is 0 Å². The first-order valence-corrected chi connectivity index (χ1v) is 10.4. The third-order valence-corrected chi connectivity index (χ3v) is 6.13. The Morgan fingerprint density at radius 1 is 1.31 bits per heavy atom. The number of hydrogen-bond acceptors (Lipinski definition) is 7. The first kappa shape index (κ1) is 29.9. The second-order valence-electron chi connectivity index (χ2n) is 7.69. The summed E-state index contributed by atoms with van der Waals surface area (Å²) < 4.78 is 93.5. The molecule has 16 heteroatoms. The van der Waals surface area contributed by atoms with Gasteiger partial charge in [-0.3, -0.25) is 4.79 Å². The van der Waals surface area contributed by atoms with Gasteiger partial charge in [-0.2, -0.15) is 13.2 Å². The molecule has 1 amide bonds. The number of pyridine rings is 1. The second-order valence-corrected chi connectivity index (χ2v) is 8.69. The zero-order valence-electron chi connectivity index (χ0n) is 18.4. The van der Waals surface area contributed by atoms with E-state index in [0.717, 1.165) is 18.0 Å².